The zero-order valence-corrected chi connectivity index (χ0v) is 28.3. The van der Waals surface area contributed by atoms with Crippen LogP contribution in [0.4, 0.5) is 0 Å². The van der Waals surface area contributed by atoms with Crippen LogP contribution in [0, 0.1) is 0 Å². The van der Waals surface area contributed by atoms with Gasteiger partial charge in [0.05, 0.1) is 6.10 Å². The molecule has 0 bridgehead atoms. The zero-order valence-electron chi connectivity index (χ0n) is 28.3. The Morgan fingerprint density at radius 3 is 1.41 bits per heavy atom. The Morgan fingerprint density at radius 1 is 0.523 bits per heavy atom. The molecule has 0 radical (unpaired) electrons. The largest absolute Gasteiger partial charge is 0.463 e. The normalized spacial score (nSPS) is 13.5. The highest BCUT2D eigenvalue weighted by atomic mass is 16.6. The fourth-order valence-electron chi connectivity index (χ4n) is 4.59. The van der Waals surface area contributed by atoms with Crippen molar-refractivity contribution in [3.8, 4) is 0 Å². The predicted molar refractivity (Wildman–Crippen MR) is 183 cm³/mol. The van der Waals surface area contributed by atoms with E-state index in [9.17, 15) is 19.8 Å². The minimum Gasteiger partial charge on any atom is -0.463 e. The van der Waals surface area contributed by atoms with Gasteiger partial charge in [0.2, 0.25) is 0 Å². The number of rotatable bonds is 31. The van der Waals surface area contributed by atoms with E-state index in [1.165, 1.54) is 57.8 Å². The van der Waals surface area contributed by atoms with Gasteiger partial charge in [0, 0.05) is 12.8 Å². The van der Waals surface area contributed by atoms with Crippen molar-refractivity contribution in [2.45, 2.75) is 167 Å². The molecule has 0 heterocycles. The van der Waals surface area contributed by atoms with Gasteiger partial charge in [-0.25, -0.2) is 0 Å². The zero-order chi connectivity index (χ0) is 32.4. The van der Waals surface area contributed by atoms with Crippen molar-refractivity contribution in [3.63, 3.8) is 0 Å². The van der Waals surface area contributed by atoms with Gasteiger partial charge in [-0.3, -0.25) is 9.59 Å². The molecule has 254 valence electrons. The van der Waals surface area contributed by atoms with E-state index in [-0.39, 0.29) is 31.3 Å². The van der Waals surface area contributed by atoms with E-state index in [1.54, 1.807) is 0 Å². The molecule has 0 spiro atoms. The lowest BCUT2D eigenvalue weighted by Gasteiger charge is -2.12. The lowest BCUT2D eigenvalue weighted by molar-refractivity contribution is -0.152. The number of hydrogen-bond acceptors (Lipinski definition) is 6. The molecule has 0 aromatic rings. The number of aliphatic hydroxyl groups is 2. The van der Waals surface area contributed by atoms with Crippen molar-refractivity contribution in [1.29, 1.82) is 0 Å². The highest BCUT2D eigenvalue weighted by Crippen LogP contribution is 2.13. The van der Waals surface area contributed by atoms with E-state index in [0.717, 1.165) is 64.2 Å². The molecule has 0 aromatic carbocycles. The minimum absolute atomic E-state index is 0.141. The summed E-state index contributed by atoms with van der Waals surface area (Å²) in [5.74, 6) is -0.648. The quantitative estimate of drug-likeness (QED) is 0.0456. The Bertz CT molecular complexity index is 769. The fourth-order valence-corrected chi connectivity index (χ4v) is 4.59. The van der Waals surface area contributed by atoms with Crippen molar-refractivity contribution in [2.75, 3.05) is 13.2 Å². The Labute approximate surface area is 270 Å². The van der Waals surface area contributed by atoms with Gasteiger partial charge in [-0.1, -0.05) is 133 Å². The molecule has 0 aliphatic carbocycles. The molecule has 0 saturated carbocycles. The maximum absolute atomic E-state index is 11.9. The lowest BCUT2D eigenvalue weighted by atomic mass is 10.0. The number of unbranched alkanes of at least 4 members (excludes halogenated alkanes) is 12. The molecule has 0 unspecified atom stereocenters. The Kier molecular flexibility index (Phi) is 32.0. The molecular weight excluding hydrogens is 552 g/mol. The van der Waals surface area contributed by atoms with Crippen LogP contribution in [0.3, 0.4) is 0 Å². The first-order valence-electron chi connectivity index (χ1n) is 17.8. The SMILES string of the molecule is CCCCCCCCCCCCCCC(=O)OC[C@@H](O)COC(=O)CCC/C=C\C/C=C\C/C=C\C/C=C\CC[C@@H](O)CC. The molecule has 2 atom stereocenters. The second kappa shape index (κ2) is 33.7. The summed E-state index contributed by atoms with van der Waals surface area (Å²) in [4.78, 5) is 23.8. The van der Waals surface area contributed by atoms with Crippen LogP contribution in [0.2, 0.25) is 0 Å². The third-order valence-corrected chi connectivity index (χ3v) is 7.48. The van der Waals surface area contributed by atoms with Gasteiger partial charge in [-0.05, 0) is 57.8 Å². The van der Waals surface area contributed by atoms with E-state index in [2.05, 4.69) is 55.5 Å². The van der Waals surface area contributed by atoms with Crippen LogP contribution in [-0.2, 0) is 19.1 Å². The first kappa shape index (κ1) is 41.8. The van der Waals surface area contributed by atoms with E-state index in [4.69, 9.17) is 9.47 Å². The van der Waals surface area contributed by atoms with E-state index >= 15 is 0 Å². The van der Waals surface area contributed by atoms with Crippen LogP contribution in [0.1, 0.15) is 155 Å². The van der Waals surface area contributed by atoms with Crippen LogP contribution >= 0.6 is 0 Å². The summed E-state index contributed by atoms with van der Waals surface area (Å²) in [6.07, 6.45) is 38.2. The maximum atomic E-state index is 11.9. The highest BCUT2D eigenvalue weighted by Gasteiger charge is 2.12. The smallest absolute Gasteiger partial charge is 0.305 e. The van der Waals surface area contributed by atoms with Gasteiger partial charge in [0.1, 0.15) is 19.3 Å². The summed E-state index contributed by atoms with van der Waals surface area (Å²) < 4.78 is 10.2. The standard InChI is InChI=1S/C38H66O6/c1-3-5-6-7-8-9-10-16-19-22-25-28-31-37(41)43-33-36(40)34-44-38(42)32-29-26-23-20-17-14-12-11-13-15-18-21-24-27-30-35(39)4-2/h12-15,20-21,23-24,35-36,39-40H,3-11,16-19,22,25-34H2,1-2H3/b14-12-,15-13-,23-20-,24-21-/t35-,36+/m0/s1. The molecule has 0 saturated heterocycles. The van der Waals surface area contributed by atoms with Crippen LogP contribution in [0.25, 0.3) is 0 Å². The molecule has 0 aliphatic rings. The molecule has 6 heteroatoms. The predicted octanol–water partition coefficient (Wildman–Crippen LogP) is 9.64. The van der Waals surface area contributed by atoms with Crippen molar-refractivity contribution >= 4 is 11.9 Å². The van der Waals surface area contributed by atoms with Gasteiger partial charge in [0.15, 0.2) is 0 Å². The van der Waals surface area contributed by atoms with Crippen molar-refractivity contribution in [3.05, 3.63) is 48.6 Å². The maximum Gasteiger partial charge on any atom is 0.305 e. The van der Waals surface area contributed by atoms with E-state index < -0.39 is 6.10 Å². The molecule has 0 amide bonds. The van der Waals surface area contributed by atoms with E-state index in [1.807, 2.05) is 6.92 Å². The van der Waals surface area contributed by atoms with Gasteiger partial charge in [-0.2, -0.15) is 0 Å². The van der Waals surface area contributed by atoms with Crippen molar-refractivity contribution in [1.82, 2.24) is 0 Å². The summed E-state index contributed by atoms with van der Waals surface area (Å²) >= 11 is 0. The number of carbonyl (C=O) groups excluding carboxylic acids is 2. The number of hydrogen-bond donors (Lipinski definition) is 2. The Balaban J connectivity index is 3.58. The molecule has 2 N–H and O–H groups in total. The van der Waals surface area contributed by atoms with Crippen LogP contribution in [0.5, 0.6) is 0 Å². The van der Waals surface area contributed by atoms with Gasteiger partial charge in [-0.15, -0.1) is 0 Å². The molecule has 0 aliphatic heterocycles. The second-order valence-electron chi connectivity index (χ2n) is 11.8. The molecular formula is C38H66O6. The van der Waals surface area contributed by atoms with Crippen LogP contribution < -0.4 is 0 Å². The summed E-state index contributed by atoms with van der Waals surface area (Å²) in [5, 5.41) is 19.5. The molecule has 6 nitrogen and oxygen atoms in total. The average Bonchev–Trinajstić information content (AvgIpc) is 3.02. The van der Waals surface area contributed by atoms with Crippen molar-refractivity contribution in [2.24, 2.45) is 0 Å². The molecule has 0 fully saturated rings. The highest BCUT2D eigenvalue weighted by molar-refractivity contribution is 5.69. The summed E-state index contributed by atoms with van der Waals surface area (Å²) in [6.45, 7) is 3.95. The number of aliphatic hydroxyl groups excluding tert-OH is 2. The van der Waals surface area contributed by atoms with Crippen LogP contribution in [-0.4, -0.2) is 47.6 Å². The fraction of sp³-hybridized carbons (Fsp3) is 0.737. The minimum atomic E-state index is -0.992. The topological polar surface area (TPSA) is 93.1 Å². The first-order chi connectivity index (χ1) is 21.5. The number of esters is 2. The monoisotopic (exact) mass is 618 g/mol. The summed E-state index contributed by atoms with van der Waals surface area (Å²) in [7, 11) is 0. The Morgan fingerprint density at radius 2 is 0.932 bits per heavy atom. The molecule has 0 aromatic heterocycles. The second-order valence-corrected chi connectivity index (χ2v) is 11.8. The van der Waals surface area contributed by atoms with Gasteiger partial charge in [0.25, 0.3) is 0 Å². The average molecular weight is 619 g/mol. The summed E-state index contributed by atoms with van der Waals surface area (Å²) in [5.41, 5.74) is 0. The van der Waals surface area contributed by atoms with Gasteiger partial charge < -0.3 is 19.7 Å². The molecule has 44 heavy (non-hydrogen) atoms. The third-order valence-electron chi connectivity index (χ3n) is 7.48. The third kappa shape index (κ3) is 32.7. The molecule has 0 rings (SSSR count). The number of ether oxygens (including phenoxy) is 2. The first-order valence-corrected chi connectivity index (χ1v) is 17.8. The van der Waals surface area contributed by atoms with Crippen LogP contribution in [0.15, 0.2) is 48.6 Å². The van der Waals surface area contributed by atoms with Crippen molar-refractivity contribution < 1.29 is 29.3 Å². The lowest BCUT2D eigenvalue weighted by Crippen LogP contribution is -2.25. The van der Waals surface area contributed by atoms with Gasteiger partial charge >= 0.3 is 11.9 Å². The van der Waals surface area contributed by atoms with E-state index in [0.29, 0.717) is 19.3 Å². The summed E-state index contributed by atoms with van der Waals surface area (Å²) in [6, 6.07) is 0. The Hall–Kier alpha value is -2.18. The number of allylic oxidation sites excluding steroid dienone is 8. The number of carbonyl (C=O) groups is 2.